The molecule has 3 rings (SSSR count). The predicted molar refractivity (Wildman–Crippen MR) is 73.4 cm³/mol. The summed E-state index contributed by atoms with van der Waals surface area (Å²) in [4.78, 5) is 4.52. The predicted octanol–water partition coefficient (Wildman–Crippen LogP) is 2.43. The summed E-state index contributed by atoms with van der Waals surface area (Å²) < 4.78 is 1.83. The molecule has 5 nitrogen and oxygen atoms in total. The van der Waals surface area contributed by atoms with E-state index in [4.69, 9.17) is 0 Å². The van der Waals surface area contributed by atoms with Crippen LogP contribution >= 0.6 is 0 Å². The second kappa shape index (κ2) is 4.68. The number of rotatable bonds is 3. The van der Waals surface area contributed by atoms with Crippen LogP contribution in [0.3, 0.4) is 0 Å². The number of hydrogen-bond donors (Lipinski definition) is 1. The van der Waals surface area contributed by atoms with E-state index < -0.39 is 0 Å². The molecule has 1 aromatic carbocycles. The van der Waals surface area contributed by atoms with Crippen LogP contribution < -0.4 is 0 Å². The number of benzene rings is 1. The van der Waals surface area contributed by atoms with Crippen molar-refractivity contribution in [3.8, 4) is 22.5 Å². The van der Waals surface area contributed by atoms with Gasteiger partial charge in [0.15, 0.2) is 5.82 Å². The highest BCUT2D eigenvalue weighted by Gasteiger charge is 2.08. The lowest BCUT2D eigenvalue weighted by molar-refractivity contribution is 0.710. The average Bonchev–Trinajstić information content (AvgIpc) is 3.08. The first-order valence-electron chi connectivity index (χ1n) is 6.27. The Balaban J connectivity index is 1.93. The van der Waals surface area contributed by atoms with Crippen LogP contribution in [0.15, 0.2) is 36.7 Å². The third kappa shape index (κ3) is 2.14. The number of hydrogen-bond acceptors (Lipinski definition) is 3. The van der Waals surface area contributed by atoms with Gasteiger partial charge >= 0.3 is 0 Å². The molecule has 2 aromatic heterocycles. The Kier molecular flexibility index (Phi) is 2.87. The number of nitrogens with zero attached hydrogens (tertiary/aromatic N) is 4. The van der Waals surface area contributed by atoms with Crippen LogP contribution in [0, 0.1) is 0 Å². The van der Waals surface area contributed by atoms with E-state index in [1.807, 2.05) is 36.3 Å². The van der Waals surface area contributed by atoms with Gasteiger partial charge in [0.05, 0.1) is 6.20 Å². The van der Waals surface area contributed by atoms with Crippen molar-refractivity contribution in [1.29, 1.82) is 0 Å². The van der Waals surface area contributed by atoms with E-state index in [-0.39, 0.29) is 0 Å². The average molecular weight is 253 g/mol. The minimum Gasteiger partial charge on any atom is -0.285 e. The highest BCUT2D eigenvalue weighted by Crippen LogP contribution is 2.22. The van der Waals surface area contributed by atoms with E-state index in [1.165, 1.54) is 0 Å². The maximum atomic E-state index is 4.52. The van der Waals surface area contributed by atoms with E-state index in [9.17, 15) is 0 Å². The number of aromatic amines is 1. The van der Waals surface area contributed by atoms with Crippen molar-refractivity contribution in [1.82, 2.24) is 25.0 Å². The van der Waals surface area contributed by atoms with Crippen molar-refractivity contribution >= 4 is 0 Å². The molecular weight excluding hydrogens is 238 g/mol. The minimum atomic E-state index is 0.776. The number of aryl methyl sites for hydroxylation is 2. The van der Waals surface area contributed by atoms with Gasteiger partial charge in [0.25, 0.3) is 0 Å². The van der Waals surface area contributed by atoms with Crippen LogP contribution in [0.1, 0.15) is 12.7 Å². The van der Waals surface area contributed by atoms with E-state index >= 15 is 0 Å². The Bertz CT molecular complexity index is 664. The Morgan fingerprint density at radius 2 is 1.84 bits per heavy atom. The van der Waals surface area contributed by atoms with Gasteiger partial charge in [-0.15, -0.1) is 0 Å². The Morgan fingerprint density at radius 3 is 2.42 bits per heavy atom. The molecule has 0 aliphatic carbocycles. The largest absolute Gasteiger partial charge is 0.285 e. The molecule has 0 aliphatic heterocycles. The smallest absolute Gasteiger partial charge is 0.181 e. The number of aromatic nitrogens is 5. The summed E-state index contributed by atoms with van der Waals surface area (Å²) in [6, 6.07) is 8.19. The van der Waals surface area contributed by atoms with Crippen molar-refractivity contribution < 1.29 is 0 Å². The van der Waals surface area contributed by atoms with Gasteiger partial charge in [0.2, 0.25) is 0 Å². The standard InChI is InChI=1S/C14H15N5/c1-3-13-17-14(18-19(13)2)11-6-4-10(5-7-11)12-8-15-16-9-12/h4-9H,3H2,1-2H3,(H,15,16). The summed E-state index contributed by atoms with van der Waals surface area (Å²) in [7, 11) is 1.93. The first-order chi connectivity index (χ1) is 9.28. The number of H-pyrrole nitrogens is 1. The fourth-order valence-electron chi connectivity index (χ4n) is 2.07. The molecule has 0 amide bonds. The van der Waals surface area contributed by atoms with Gasteiger partial charge in [-0.2, -0.15) is 10.2 Å². The summed E-state index contributed by atoms with van der Waals surface area (Å²) in [5.74, 6) is 1.77. The molecule has 0 saturated carbocycles. The SMILES string of the molecule is CCc1nc(-c2ccc(-c3cn[nH]c3)cc2)nn1C. The number of nitrogens with one attached hydrogen (secondary N) is 1. The van der Waals surface area contributed by atoms with Crippen LogP contribution in [0.25, 0.3) is 22.5 Å². The van der Waals surface area contributed by atoms with E-state index in [0.29, 0.717) is 0 Å². The summed E-state index contributed by atoms with van der Waals surface area (Å²) in [5.41, 5.74) is 3.24. The quantitative estimate of drug-likeness (QED) is 0.780. The highest BCUT2D eigenvalue weighted by molar-refractivity contribution is 5.66. The molecule has 19 heavy (non-hydrogen) atoms. The summed E-state index contributed by atoms with van der Waals surface area (Å²) in [6.45, 7) is 2.08. The Morgan fingerprint density at radius 1 is 1.11 bits per heavy atom. The lowest BCUT2D eigenvalue weighted by Gasteiger charge is -1.98. The molecule has 1 N–H and O–H groups in total. The topological polar surface area (TPSA) is 59.4 Å². The van der Waals surface area contributed by atoms with Crippen molar-refractivity contribution in [2.24, 2.45) is 7.05 Å². The molecule has 2 heterocycles. The van der Waals surface area contributed by atoms with Gasteiger partial charge in [0, 0.05) is 30.8 Å². The maximum Gasteiger partial charge on any atom is 0.181 e. The van der Waals surface area contributed by atoms with Gasteiger partial charge in [-0.25, -0.2) is 4.98 Å². The second-order valence-electron chi connectivity index (χ2n) is 4.39. The lowest BCUT2D eigenvalue weighted by atomic mass is 10.1. The third-order valence-corrected chi connectivity index (χ3v) is 3.14. The first kappa shape index (κ1) is 11.6. The molecule has 0 fully saturated rings. The van der Waals surface area contributed by atoms with Crippen molar-refractivity contribution in [2.75, 3.05) is 0 Å². The molecule has 0 aliphatic rings. The maximum absolute atomic E-state index is 4.52. The molecule has 3 aromatic rings. The van der Waals surface area contributed by atoms with Crippen LogP contribution in [-0.2, 0) is 13.5 Å². The minimum absolute atomic E-state index is 0.776. The molecule has 0 atom stereocenters. The summed E-state index contributed by atoms with van der Waals surface area (Å²) in [6.07, 6.45) is 4.57. The van der Waals surface area contributed by atoms with Gasteiger partial charge in [-0.3, -0.25) is 9.78 Å². The first-order valence-corrected chi connectivity index (χ1v) is 6.27. The van der Waals surface area contributed by atoms with Crippen molar-refractivity contribution in [2.45, 2.75) is 13.3 Å². The van der Waals surface area contributed by atoms with Crippen LogP contribution in [0.4, 0.5) is 0 Å². The normalized spacial score (nSPS) is 10.8. The van der Waals surface area contributed by atoms with Gasteiger partial charge < -0.3 is 0 Å². The molecule has 0 spiro atoms. The van der Waals surface area contributed by atoms with Gasteiger partial charge in [0.1, 0.15) is 5.82 Å². The molecular formula is C14H15N5. The molecule has 5 heteroatoms. The van der Waals surface area contributed by atoms with Gasteiger partial charge in [-0.1, -0.05) is 31.2 Å². The van der Waals surface area contributed by atoms with Crippen LogP contribution in [0.5, 0.6) is 0 Å². The van der Waals surface area contributed by atoms with Crippen LogP contribution in [-0.4, -0.2) is 25.0 Å². The molecule has 0 radical (unpaired) electrons. The molecule has 0 unspecified atom stereocenters. The second-order valence-corrected chi connectivity index (χ2v) is 4.39. The lowest BCUT2D eigenvalue weighted by Crippen LogP contribution is -1.96. The van der Waals surface area contributed by atoms with Crippen molar-refractivity contribution in [3.05, 3.63) is 42.5 Å². The Labute approximate surface area is 111 Å². The fraction of sp³-hybridized carbons (Fsp3) is 0.214. The highest BCUT2D eigenvalue weighted by atomic mass is 15.3. The Hall–Kier alpha value is -2.43. The van der Waals surface area contributed by atoms with E-state index in [2.05, 4.69) is 39.3 Å². The molecule has 96 valence electrons. The van der Waals surface area contributed by atoms with Crippen molar-refractivity contribution in [3.63, 3.8) is 0 Å². The van der Waals surface area contributed by atoms with Crippen LogP contribution in [0.2, 0.25) is 0 Å². The molecule has 0 bridgehead atoms. The zero-order valence-electron chi connectivity index (χ0n) is 11.0. The summed E-state index contributed by atoms with van der Waals surface area (Å²) >= 11 is 0. The van der Waals surface area contributed by atoms with E-state index in [0.717, 1.165) is 34.8 Å². The third-order valence-electron chi connectivity index (χ3n) is 3.14. The van der Waals surface area contributed by atoms with E-state index in [1.54, 1.807) is 0 Å². The zero-order valence-corrected chi connectivity index (χ0v) is 11.0. The zero-order chi connectivity index (χ0) is 13.2. The molecule has 0 saturated heterocycles. The monoisotopic (exact) mass is 253 g/mol. The summed E-state index contributed by atoms with van der Waals surface area (Å²) in [5, 5.41) is 11.2. The fourth-order valence-corrected chi connectivity index (χ4v) is 2.07. The van der Waals surface area contributed by atoms with Gasteiger partial charge in [-0.05, 0) is 5.56 Å².